The minimum Gasteiger partial charge on any atom is -0.435 e. The Kier molecular flexibility index (Phi) is 7.98. The fourth-order valence-electron chi connectivity index (χ4n) is 4.06. The Hall–Kier alpha value is -4.68. The summed E-state index contributed by atoms with van der Waals surface area (Å²) in [5.74, 6) is -1.35. The molecule has 0 bridgehead atoms. The molecule has 2 aromatic heterocycles. The van der Waals surface area contributed by atoms with Gasteiger partial charge in [-0.1, -0.05) is 0 Å². The van der Waals surface area contributed by atoms with Crippen LogP contribution in [0.1, 0.15) is 38.0 Å². The molecular weight excluding hydrogens is 519 g/mol. The lowest BCUT2D eigenvalue weighted by Gasteiger charge is -2.34. The number of amides is 2. The molecule has 1 aliphatic rings. The van der Waals surface area contributed by atoms with E-state index in [1.54, 1.807) is 6.07 Å². The minimum atomic E-state index is -3.12. The van der Waals surface area contributed by atoms with Crippen LogP contribution in [-0.4, -0.2) is 65.0 Å². The number of ether oxygens (including phenoxy) is 1. The van der Waals surface area contributed by atoms with Gasteiger partial charge in [-0.05, 0) is 54.4 Å². The molecule has 0 radical (unpaired) electrons. The number of likely N-dealkylation sites (tertiary alicyclic amines) is 1. The molecule has 1 aliphatic heterocycles. The number of pyridine rings is 2. The number of benzene rings is 1. The third-order valence-corrected chi connectivity index (χ3v) is 5.89. The van der Waals surface area contributed by atoms with Gasteiger partial charge in [0.1, 0.15) is 29.1 Å². The highest BCUT2D eigenvalue weighted by Crippen LogP contribution is 2.33. The average molecular weight is 544 g/mol. The summed E-state index contributed by atoms with van der Waals surface area (Å²) >= 11 is 0. The van der Waals surface area contributed by atoms with Crippen molar-refractivity contribution in [3.63, 3.8) is 0 Å². The molecule has 2 amide bonds. The van der Waals surface area contributed by atoms with Crippen LogP contribution in [0.5, 0.6) is 5.75 Å². The number of aldehydes is 1. The molecule has 1 fully saturated rings. The predicted octanol–water partition coefficient (Wildman–Crippen LogP) is 3.34. The van der Waals surface area contributed by atoms with Crippen molar-refractivity contribution in [1.82, 2.24) is 14.5 Å². The van der Waals surface area contributed by atoms with Crippen molar-refractivity contribution < 1.29 is 32.3 Å². The van der Waals surface area contributed by atoms with Crippen molar-refractivity contribution >= 4 is 29.7 Å². The van der Waals surface area contributed by atoms with E-state index in [1.165, 1.54) is 36.3 Å². The Morgan fingerprint density at radius 2 is 1.87 bits per heavy atom. The lowest BCUT2D eigenvalue weighted by Crippen LogP contribution is -2.51. The summed E-state index contributed by atoms with van der Waals surface area (Å²) in [7, 11) is 1.40. The maximum atomic E-state index is 13.5. The van der Waals surface area contributed by atoms with Crippen LogP contribution in [0, 0.1) is 0 Å². The van der Waals surface area contributed by atoms with E-state index in [4.69, 9.17) is 0 Å². The highest BCUT2D eigenvalue weighted by Gasteiger charge is 2.32. The molecule has 1 saturated heterocycles. The number of hydrogen-bond donors (Lipinski definition) is 2. The van der Waals surface area contributed by atoms with Gasteiger partial charge in [0.2, 0.25) is 0 Å². The fraction of sp³-hybridized carbons (Fsp3) is 0.269. The Labute approximate surface area is 220 Å². The van der Waals surface area contributed by atoms with E-state index < -0.39 is 30.2 Å². The molecular formula is C26H24F3N5O5. The molecule has 39 heavy (non-hydrogen) atoms. The smallest absolute Gasteiger partial charge is 0.387 e. The molecule has 0 unspecified atom stereocenters. The van der Waals surface area contributed by atoms with Crippen molar-refractivity contribution in [2.24, 2.45) is 7.05 Å². The summed E-state index contributed by atoms with van der Waals surface area (Å²) in [6, 6.07) is 7.98. The number of nitrogens with zero attached hydrogens (tertiary/aromatic N) is 3. The van der Waals surface area contributed by atoms with Gasteiger partial charge in [0.05, 0.1) is 18.7 Å². The normalized spacial score (nSPS) is 13.1. The van der Waals surface area contributed by atoms with Crippen LogP contribution < -0.4 is 20.9 Å². The predicted molar refractivity (Wildman–Crippen MR) is 136 cm³/mol. The third kappa shape index (κ3) is 6.08. The molecule has 3 heterocycles. The number of hydrogen-bond acceptors (Lipinski definition) is 7. The van der Waals surface area contributed by atoms with Crippen LogP contribution in [0.15, 0.2) is 47.4 Å². The zero-order valence-corrected chi connectivity index (χ0v) is 20.9. The van der Waals surface area contributed by atoms with E-state index in [0.29, 0.717) is 29.8 Å². The zero-order valence-electron chi connectivity index (χ0n) is 20.9. The zero-order chi connectivity index (χ0) is 28.3. The molecule has 0 spiro atoms. The second-order valence-electron chi connectivity index (χ2n) is 8.73. The summed E-state index contributed by atoms with van der Waals surface area (Å²) in [4.78, 5) is 55.4. The van der Waals surface area contributed by atoms with Crippen molar-refractivity contribution in [3.8, 4) is 16.9 Å². The van der Waals surface area contributed by atoms with Gasteiger partial charge in [-0.3, -0.25) is 19.2 Å². The fourth-order valence-corrected chi connectivity index (χ4v) is 4.06. The summed E-state index contributed by atoms with van der Waals surface area (Å²) in [5, 5.41) is 5.54. The van der Waals surface area contributed by atoms with E-state index >= 15 is 0 Å². The number of carbonyl (C=O) groups excluding carboxylic acids is 3. The number of carbonyl (C=O) groups is 3. The SMILES string of the molecule is CCNc1cc(-c2ccc(OC(F)F)cc2C(=O)N2CC(F)C2)cc(NC(=O)c2cc(C=O)cn(C)c2=O)n1. The van der Waals surface area contributed by atoms with Gasteiger partial charge in [-0.2, -0.15) is 8.78 Å². The number of halogens is 3. The van der Waals surface area contributed by atoms with E-state index in [2.05, 4.69) is 20.4 Å². The topological polar surface area (TPSA) is 123 Å². The summed E-state index contributed by atoms with van der Waals surface area (Å²) in [6.45, 7) is -1.12. The van der Waals surface area contributed by atoms with E-state index in [1.807, 2.05) is 6.92 Å². The van der Waals surface area contributed by atoms with Crippen molar-refractivity contribution in [2.75, 3.05) is 30.3 Å². The van der Waals surface area contributed by atoms with Gasteiger partial charge in [0.25, 0.3) is 17.4 Å². The van der Waals surface area contributed by atoms with Crippen LogP contribution in [0.3, 0.4) is 0 Å². The number of anilines is 2. The monoisotopic (exact) mass is 543 g/mol. The van der Waals surface area contributed by atoms with Gasteiger partial charge >= 0.3 is 6.61 Å². The van der Waals surface area contributed by atoms with E-state index in [-0.39, 0.29) is 41.3 Å². The lowest BCUT2D eigenvalue weighted by molar-refractivity contribution is -0.0499. The first-order chi connectivity index (χ1) is 18.6. The number of nitrogens with one attached hydrogen (secondary N) is 2. The molecule has 0 aliphatic carbocycles. The first-order valence-corrected chi connectivity index (χ1v) is 11.8. The van der Waals surface area contributed by atoms with Crippen molar-refractivity contribution in [2.45, 2.75) is 19.7 Å². The molecule has 3 aromatic rings. The van der Waals surface area contributed by atoms with Gasteiger partial charge in [-0.25, -0.2) is 9.37 Å². The Balaban J connectivity index is 1.76. The number of rotatable bonds is 9. The van der Waals surface area contributed by atoms with Gasteiger partial charge in [0.15, 0.2) is 6.29 Å². The average Bonchev–Trinajstić information content (AvgIpc) is 2.87. The third-order valence-electron chi connectivity index (χ3n) is 5.89. The Bertz CT molecular complexity index is 1490. The van der Waals surface area contributed by atoms with Gasteiger partial charge < -0.3 is 24.8 Å². The molecule has 0 saturated carbocycles. The molecule has 2 N–H and O–H groups in total. The van der Waals surface area contributed by atoms with Gasteiger partial charge in [-0.15, -0.1) is 0 Å². The lowest BCUT2D eigenvalue weighted by atomic mass is 9.97. The standard InChI is InChI=1S/C26H24F3N5O5/c1-3-30-21-7-15(8-22(31-21)32-23(36)20-6-14(13-35)10-33(2)24(20)37)18-5-4-17(39-26(28)29)9-19(18)25(38)34-11-16(27)12-34/h4-10,13,16,26H,3,11-12H2,1-2H3,(H2,30,31,32,36). The summed E-state index contributed by atoms with van der Waals surface area (Å²) < 4.78 is 44.7. The van der Waals surface area contributed by atoms with E-state index in [9.17, 15) is 32.3 Å². The largest absolute Gasteiger partial charge is 0.435 e. The van der Waals surface area contributed by atoms with Crippen LogP contribution in [-0.2, 0) is 7.05 Å². The number of aryl methyl sites for hydroxylation is 1. The maximum absolute atomic E-state index is 13.5. The number of aromatic nitrogens is 2. The van der Waals surface area contributed by atoms with Crippen molar-refractivity contribution in [3.05, 3.63) is 69.6 Å². The van der Waals surface area contributed by atoms with E-state index in [0.717, 1.165) is 16.7 Å². The molecule has 0 atom stereocenters. The van der Waals surface area contributed by atoms with Crippen LogP contribution in [0.4, 0.5) is 24.8 Å². The van der Waals surface area contributed by atoms with Gasteiger partial charge in [0, 0.05) is 25.4 Å². The summed E-state index contributed by atoms with van der Waals surface area (Å²) in [6.07, 6.45) is 0.616. The molecule has 10 nitrogen and oxygen atoms in total. The molecule has 204 valence electrons. The van der Waals surface area contributed by atoms with Crippen molar-refractivity contribution in [1.29, 1.82) is 0 Å². The number of alkyl halides is 3. The Morgan fingerprint density at radius 1 is 1.15 bits per heavy atom. The van der Waals surface area contributed by atoms with Crippen LogP contribution in [0.2, 0.25) is 0 Å². The highest BCUT2D eigenvalue weighted by molar-refractivity contribution is 6.05. The maximum Gasteiger partial charge on any atom is 0.387 e. The molecule has 1 aromatic carbocycles. The second-order valence-corrected chi connectivity index (χ2v) is 8.73. The first-order valence-electron chi connectivity index (χ1n) is 11.8. The highest BCUT2D eigenvalue weighted by atomic mass is 19.3. The molecule has 13 heteroatoms. The summed E-state index contributed by atoms with van der Waals surface area (Å²) in [5.41, 5.74) is -0.159. The van der Waals surface area contributed by atoms with Crippen LogP contribution in [0.25, 0.3) is 11.1 Å². The Morgan fingerprint density at radius 3 is 2.51 bits per heavy atom. The first kappa shape index (κ1) is 27.4. The van der Waals surface area contributed by atoms with Crippen LogP contribution >= 0.6 is 0 Å². The second kappa shape index (κ2) is 11.4. The quantitative estimate of drug-likeness (QED) is 0.397. The molecule has 4 rings (SSSR count). The minimum absolute atomic E-state index is 0.00564.